The molecule has 2 aromatic rings. The fourth-order valence-corrected chi connectivity index (χ4v) is 3.24. The van der Waals surface area contributed by atoms with Gasteiger partial charge in [0.15, 0.2) is 0 Å². The van der Waals surface area contributed by atoms with Gasteiger partial charge in [-0.15, -0.1) is 11.3 Å². The summed E-state index contributed by atoms with van der Waals surface area (Å²) in [5.41, 5.74) is 0.938. The van der Waals surface area contributed by atoms with Crippen molar-refractivity contribution in [3.8, 4) is 0 Å². The molecule has 1 heterocycles. The molecule has 0 radical (unpaired) electrons. The third kappa shape index (κ3) is 4.31. The molecule has 106 valence electrons. The zero-order valence-electron chi connectivity index (χ0n) is 10.5. The van der Waals surface area contributed by atoms with Crippen LogP contribution in [0.15, 0.2) is 40.2 Å². The fraction of sp³-hybridized carbons (Fsp3) is 0.214. The second-order valence-electron chi connectivity index (χ2n) is 4.28. The number of thiophene rings is 1. The van der Waals surface area contributed by atoms with Gasteiger partial charge in [-0.1, -0.05) is 33.6 Å². The van der Waals surface area contributed by atoms with E-state index in [4.69, 9.17) is 16.7 Å². The molecule has 1 aromatic heterocycles. The first-order valence-corrected chi connectivity index (χ1v) is 8.04. The first kappa shape index (κ1) is 15.5. The number of aliphatic carboxylic acids is 1. The highest BCUT2D eigenvalue weighted by atomic mass is 79.9. The number of nitrogens with one attached hydrogen (secondary N) is 1. The largest absolute Gasteiger partial charge is 0.481 e. The van der Waals surface area contributed by atoms with Crippen molar-refractivity contribution in [3.63, 3.8) is 0 Å². The van der Waals surface area contributed by atoms with Crippen LogP contribution < -0.4 is 5.32 Å². The first-order valence-electron chi connectivity index (χ1n) is 5.99. The van der Waals surface area contributed by atoms with Gasteiger partial charge in [0.05, 0.1) is 12.5 Å². The highest BCUT2D eigenvalue weighted by Gasteiger charge is 2.16. The molecule has 2 rings (SSSR count). The summed E-state index contributed by atoms with van der Waals surface area (Å²) >= 11 is 11.1. The third-order valence-corrected chi connectivity index (χ3v) is 4.66. The molecule has 0 bridgehead atoms. The summed E-state index contributed by atoms with van der Waals surface area (Å²) in [5.74, 6) is -0.823. The molecule has 0 aliphatic carbocycles. The topological polar surface area (TPSA) is 49.3 Å². The lowest BCUT2D eigenvalue weighted by atomic mass is 10.1. The zero-order valence-corrected chi connectivity index (χ0v) is 13.6. The summed E-state index contributed by atoms with van der Waals surface area (Å²) in [6.45, 7) is 0.522. The molecule has 0 saturated carbocycles. The second-order valence-corrected chi connectivity index (χ2v) is 6.58. The average molecular weight is 375 g/mol. The number of carboxylic acids is 1. The van der Waals surface area contributed by atoms with Crippen LogP contribution in [0.5, 0.6) is 0 Å². The molecule has 0 aliphatic rings. The lowest BCUT2D eigenvalue weighted by molar-refractivity contribution is -0.137. The number of carboxylic acid groups (broad SMARTS) is 1. The Morgan fingerprint density at radius 2 is 2.25 bits per heavy atom. The number of carbonyl (C=O) groups is 1. The number of halogens is 2. The van der Waals surface area contributed by atoms with E-state index in [2.05, 4.69) is 21.2 Å². The van der Waals surface area contributed by atoms with E-state index in [0.717, 1.165) is 14.9 Å². The van der Waals surface area contributed by atoms with Crippen LogP contribution in [0.25, 0.3) is 0 Å². The van der Waals surface area contributed by atoms with Crippen LogP contribution in [0.4, 0.5) is 0 Å². The quantitative estimate of drug-likeness (QED) is 0.784. The summed E-state index contributed by atoms with van der Waals surface area (Å²) in [4.78, 5) is 12.0. The van der Waals surface area contributed by atoms with Gasteiger partial charge in [0.25, 0.3) is 0 Å². The summed E-state index contributed by atoms with van der Waals surface area (Å²) in [6, 6.07) is 9.28. The van der Waals surface area contributed by atoms with Gasteiger partial charge >= 0.3 is 5.97 Å². The summed E-state index contributed by atoms with van der Waals surface area (Å²) in [7, 11) is 0. The maximum Gasteiger partial charge on any atom is 0.305 e. The molecule has 0 spiro atoms. The van der Waals surface area contributed by atoms with E-state index >= 15 is 0 Å². The fourth-order valence-electron chi connectivity index (χ4n) is 1.85. The van der Waals surface area contributed by atoms with Crippen LogP contribution in [0.3, 0.4) is 0 Å². The van der Waals surface area contributed by atoms with Crippen molar-refractivity contribution in [2.45, 2.75) is 19.0 Å². The van der Waals surface area contributed by atoms with Crippen LogP contribution in [-0.4, -0.2) is 11.1 Å². The Morgan fingerprint density at radius 1 is 1.45 bits per heavy atom. The maximum atomic E-state index is 11.0. The van der Waals surface area contributed by atoms with Gasteiger partial charge in [0, 0.05) is 20.9 Å². The van der Waals surface area contributed by atoms with Gasteiger partial charge in [-0.2, -0.15) is 0 Å². The molecule has 1 unspecified atom stereocenters. The van der Waals surface area contributed by atoms with Crippen molar-refractivity contribution in [3.05, 3.63) is 55.6 Å². The molecular weight excluding hydrogens is 362 g/mol. The van der Waals surface area contributed by atoms with E-state index in [1.165, 1.54) is 0 Å². The lowest BCUT2D eigenvalue weighted by Crippen LogP contribution is -2.23. The summed E-state index contributed by atoms with van der Waals surface area (Å²) in [6.07, 6.45) is 0.0478. The predicted molar refractivity (Wildman–Crippen MR) is 85.3 cm³/mol. The molecule has 0 amide bonds. The molecule has 0 aliphatic heterocycles. The molecule has 0 saturated heterocycles. The van der Waals surface area contributed by atoms with E-state index in [0.29, 0.717) is 11.6 Å². The third-order valence-electron chi connectivity index (χ3n) is 2.81. The van der Waals surface area contributed by atoms with E-state index in [1.54, 1.807) is 11.3 Å². The van der Waals surface area contributed by atoms with Gasteiger partial charge in [0.1, 0.15) is 0 Å². The molecule has 2 N–H and O–H groups in total. The summed E-state index contributed by atoms with van der Waals surface area (Å²) < 4.78 is 0.949. The van der Waals surface area contributed by atoms with Gasteiger partial charge in [-0.05, 0) is 35.2 Å². The molecule has 1 aromatic carbocycles. The van der Waals surface area contributed by atoms with Crippen LogP contribution in [-0.2, 0) is 11.3 Å². The highest BCUT2D eigenvalue weighted by Crippen LogP contribution is 2.25. The first-order chi connectivity index (χ1) is 9.56. The van der Waals surface area contributed by atoms with Crippen molar-refractivity contribution < 1.29 is 9.90 Å². The smallest absolute Gasteiger partial charge is 0.305 e. The highest BCUT2D eigenvalue weighted by molar-refractivity contribution is 9.10. The van der Waals surface area contributed by atoms with Crippen molar-refractivity contribution in [1.29, 1.82) is 0 Å². The molecule has 6 heteroatoms. The Labute approximate surface area is 134 Å². The molecule has 3 nitrogen and oxygen atoms in total. The minimum atomic E-state index is -0.823. The molecule has 1 atom stereocenters. The predicted octanol–water partition coefficient (Wildman–Crippen LogP) is 4.47. The number of rotatable bonds is 6. The SMILES string of the molecule is O=C(O)CC(NCc1cc(Br)ccc1Cl)c1cccs1. The van der Waals surface area contributed by atoms with Gasteiger partial charge < -0.3 is 10.4 Å². The van der Waals surface area contributed by atoms with Crippen LogP contribution in [0, 0.1) is 0 Å². The zero-order chi connectivity index (χ0) is 14.5. The van der Waals surface area contributed by atoms with Gasteiger partial charge in [-0.25, -0.2) is 0 Å². The number of hydrogen-bond donors (Lipinski definition) is 2. The van der Waals surface area contributed by atoms with Crippen molar-refractivity contribution in [2.24, 2.45) is 0 Å². The monoisotopic (exact) mass is 373 g/mol. The van der Waals surface area contributed by atoms with E-state index < -0.39 is 5.97 Å². The summed E-state index contributed by atoms with van der Waals surface area (Å²) in [5, 5.41) is 14.9. The Balaban J connectivity index is 2.08. The van der Waals surface area contributed by atoms with E-state index in [-0.39, 0.29) is 12.5 Å². The lowest BCUT2D eigenvalue weighted by Gasteiger charge is -2.16. The Bertz CT molecular complexity index is 589. The van der Waals surface area contributed by atoms with Crippen molar-refractivity contribution in [2.75, 3.05) is 0 Å². The Morgan fingerprint density at radius 3 is 2.90 bits per heavy atom. The minimum Gasteiger partial charge on any atom is -0.481 e. The second kappa shape index (κ2) is 7.22. The Kier molecular flexibility index (Phi) is 5.60. The molecule has 0 fully saturated rings. The van der Waals surface area contributed by atoms with Gasteiger partial charge in [-0.3, -0.25) is 4.79 Å². The standard InChI is InChI=1S/C14H13BrClNO2S/c15-10-3-4-11(16)9(6-10)8-17-12(7-14(18)19)13-2-1-5-20-13/h1-6,12,17H,7-8H2,(H,18,19). The van der Waals surface area contributed by atoms with Crippen molar-refractivity contribution >= 4 is 44.8 Å². The molecular formula is C14H13BrClNO2S. The number of benzene rings is 1. The van der Waals surface area contributed by atoms with Crippen LogP contribution in [0.2, 0.25) is 5.02 Å². The average Bonchev–Trinajstić information content (AvgIpc) is 2.91. The minimum absolute atomic E-state index is 0.0478. The van der Waals surface area contributed by atoms with E-state index in [1.807, 2.05) is 35.7 Å². The van der Waals surface area contributed by atoms with Crippen molar-refractivity contribution in [1.82, 2.24) is 5.32 Å². The normalized spacial score (nSPS) is 12.3. The maximum absolute atomic E-state index is 11.0. The van der Waals surface area contributed by atoms with E-state index in [9.17, 15) is 4.79 Å². The Hall–Kier alpha value is -0.880. The number of hydrogen-bond acceptors (Lipinski definition) is 3. The van der Waals surface area contributed by atoms with Crippen LogP contribution >= 0.6 is 38.9 Å². The molecule has 20 heavy (non-hydrogen) atoms. The van der Waals surface area contributed by atoms with Crippen LogP contribution in [0.1, 0.15) is 22.9 Å². The van der Waals surface area contributed by atoms with Gasteiger partial charge in [0.2, 0.25) is 0 Å².